The topological polar surface area (TPSA) is 191 Å². The number of esters is 1. The predicted molar refractivity (Wildman–Crippen MR) is 117 cm³/mol. The Kier molecular flexibility index (Phi) is 12.3. The molecule has 0 spiro atoms. The van der Waals surface area contributed by atoms with Gasteiger partial charge < -0.3 is 30.5 Å². The Morgan fingerprint density at radius 3 is 1.82 bits per heavy atom. The number of ether oxygens (including phenoxy) is 2. The minimum absolute atomic E-state index is 0. The van der Waals surface area contributed by atoms with Crippen molar-refractivity contribution in [2.45, 2.75) is 92.2 Å². The summed E-state index contributed by atoms with van der Waals surface area (Å²) in [6.45, 7) is 13.3. The number of amides is 3. The maximum Gasteiger partial charge on any atom is 0.408 e. The van der Waals surface area contributed by atoms with E-state index in [9.17, 15) is 34.2 Å². The van der Waals surface area contributed by atoms with Crippen molar-refractivity contribution in [3.63, 3.8) is 0 Å². The fourth-order valence-electron chi connectivity index (χ4n) is 2.55. The Bertz CT molecular complexity index is 725. The van der Waals surface area contributed by atoms with E-state index in [1.807, 2.05) is 0 Å². The van der Waals surface area contributed by atoms with Gasteiger partial charge in [0.25, 0.3) is 5.91 Å². The fourth-order valence-corrected chi connectivity index (χ4v) is 2.55. The number of nitrogens with zero attached hydrogens (tertiary/aromatic N) is 1. The molecule has 0 aromatic heterocycles. The molecule has 0 aliphatic heterocycles. The molecule has 0 bridgehead atoms. The minimum atomic E-state index is -2.82. The normalized spacial score (nSPS) is 14.9. The molecule has 3 amide bonds. The SMILES string of the molecule is CC(C)CC(=O)N(C(=O)C(C)NC(=O)OC(C)(C)C)C(C)(O)C(=O)OC(C(=O)O)C(C)C.O. The lowest BCUT2D eigenvalue weighted by Crippen LogP contribution is -2.63. The lowest BCUT2D eigenvalue weighted by atomic mass is 10.1. The summed E-state index contributed by atoms with van der Waals surface area (Å²) in [6.07, 6.45) is -2.76. The summed E-state index contributed by atoms with van der Waals surface area (Å²) in [5.41, 5.74) is -3.67. The quantitative estimate of drug-likeness (QED) is 0.318. The van der Waals surface area contributed by atoms with Crippen molar-refractivity contribution in [1.82, 2.24) is 10.2 Å². The van der Waals surface area contributed by atoms with E-state index in [2.05, 4.69) is 5.32 Å². The molecule has 0 saturated carbocycles. The van der Waals surface area contributed by atoms with Crippen molar-refractivity contribution >= 4 is 29.8 Å². The molecule has 12 nitrogen and oxygen atoms in total. The molecule has 0 fully saturated rings. The van der Waals surface area contributed by atoms with Crippen LogP contribution in [0.1, 0.15) is 68.7 Å². The third kappa shape index (κ3) is 10.2. The monoisotopic (exact) mass is 478 g/mol. The van der Waals surface area contributed by atoms with Crippen LogP contribution in [0.2, 0.25) is 0 Å². The number of alkyl carbamates (subject to hydrolysis) is 1. The van der Waals surface area contributed by atoms with E-state index < -0.39 is 59.2 Å². The van der Waals surface area contributed by atoms with Gasteiger partial charge in [-0.3, -0.25) is 9.59 Å². The second kappa shape index (κ2) is 12.5. The molecule has 0 aliphatic rings. The van der Waals surface area contributed by atoms with Crippen molar-refractivity contribution in [3.8, 4) is 0 Å². The summed E-state index contributed by atoms with van der Waals surface area (Å²) in [4.78, 5) is 62.1. The van der Waals surface area contributed by atoms with Crippen LogP contribution in [-0.4, -0.2) is 73.9 Å². The van der Waals surface area contributed by atoms with Crippen molar-refractivity contribution in [2.24, 2.45) is 11.8 Å². The Morgan fingerprint density at radius 2 is 1.45 bits per heavy atom. The maximum atomic E-state index is 13.0. The van der Waals surface area contributed by atoms with Gasteiger partial charge in [-0.1, -0.05) is 27.7 Å². The van der Waals surface area contributed by atoms with Gasteiger partial charge in [-0.2, -0.15) is 0 Å². The average molecular weight is 479 g/mol. The molecule has 0 aromatic rings. The number of hydrogen-bond acceptors (Lipinski definition) is 8. The van der Waals surface area contributed by atoms with Crippen LogP contribution in [0, 0.1) is 11.8 Å². The first-order chi connectivity index (χ1) is 14.3. The molecule has 0 heterocycles. The number of carbonyl (C=O) groups is 5. The first kappa shape index (κ1) is 32.4. The van der Waals surface area contributed by atoms with Gasteiger partial charge in [-0.05, 0) is 40.5 Å². The van der Waals surface area contributed by atoms with Crippen LogP contribution >= 0.6 is 0 Å². The molecule has 0 aliphatic carbocycles. The Hall–Kier alpha value is -2.73. The third-order valence-electron chi connectivity index (χ3n) is 4.06. The van der Waals surface area contributed by atoms with Crippen molar-refractivity contribution < 1.29 is 49.1 Å². The molecule has 3 unspecified atom stereocenters. The standard InChI is InChI=1S/C21H36N2O9.H2O/c1-11(2)10-14(24)23(16(25)13(5)22-19(29)32-20(6,7)8)21(9,30)18(28)31-15(12(3)4)17(26)27;/h11-13,15,30H,10H2,1-9H3,(H,22,29)(H,26,27);1H2. The minimum Gasteiger partial charge on any atom is -0.478 e. The van der Waals surface area contributed by atoms with Crippen LogP contribution in [0.5, 0.6) is 0 Å². The highest BCUT2D eigenvalue weighted by atomic mass is 16.6. The Labute approximate surface area is 193 Å². The number of aliphatic hydroxyl groups is 1. The Morgan fingerprint density at radius 1 is 0.970 bits per heavy atom. The lowest BCUT2D eigenvalue weighted by molar-refractivity contribution is -0.202. The van der Waals surface area contributed by atoms with E-state index in [1.54, 1.807) is 34.6 Å². The van der Waals surface area contributed by atoms with Gasteiger partial charge in [-0.25, -0.2) is 19.3 Å². The van der Waals surface area contributed by atoms with Crippen LogP contribution in [0.15, 0.2) is 0 Å². The van der Waals surface area contributed by atoms with Crippen molar-refractivity contribution in [2.75, 3.05) is 0 Å². The summed E-state index contributed by atoms with van der Waals surface area (Å²) in [5.74, 6) is -5.82. The zero-order valence-electron chi connectivity index (χ0n) is 20.7. The highest BCUT2D eigenvalue weighted by molar-refractivity contribution is 6.03. The number of aliphatic carboxylic acids is 1. The van der Waals surface area contributed by atoms with Crippen molar-refractivity contribution in [1.29, 1.82) is 0 Å². The van der Waals surface area contributed by atoms with Crippen LogP contribution in [0.4, 0.5) is 4.79 Å². The van der Waals surface area contributed by atoms with E-state index in [0.29, 0.717) is 0 Å². The summed E-state index contributed by atoms with van der Waals surface area (Å²) in [6, 6.07) is -1.36. The smallest absolute Gasteiger partial charge is 0.408 e. The lowest BCUT2D eigenvalue weighted by Gasteiger charge is -2.36. The van der Waals surface area contributed by atoms with Crippen molar-refractivity contribution in [3.05, 3.63) is 0 Å². The van der Waals surface area contributed by atoms with Gasteiger partial charge in [0.2, 0.25) is 17.7 Å². The molecule has 3 atom stereocenters. The summed E-state index contributed by atoms with van der Waals surface area (Å²) in [5, 5.41) is 22.3. The maximum absolute atomic E-state index is 13.0. The predicted octanol–water partition coefficient (Wildman–Crippen LogP) is 0.837. The number of carboxylic acids is 1. The molecule has 5 N–H and O–H groups in total. The zero-order valence-corrected chi connectivity index (χ0v) is 20.7. The number of hydrogen-bond donors (Lipinski definition) is 3. The molecular weight excluding hydrogens is 440 g/mol. The molecule has 12 heteroatoms. The highest BCUT2D eigenvalue weighted by Crippen LogP contribution is 2.21. The molecule has 0 radical (unpaired) electrons. The zero-order chi connectivity index (χ0) is 25.6. The van der Waals surface area contributed by atoms with E-state index in [-0.39, 0.29) is 22.7 Å². The van der Waals surface area contributed by atoms with Gasteiger partial charge in [0, 0.05) is 12.3 Å². The summed E-state index contributed by atoms with van der Waals surface area (Å²) >= 11 is 0. The fraction of sp³-hybridized carbons (Fsp3) is 0.762. The molecule has 0 rings (SSSR count). The highest BCUT2D eigenvalue weighted by Gasteiger charge is 2.48. The van der Waals surface area contributed by atoms with Gasteiger partial charge in [0.1, 0.15) is 11.6 Å². The van der Waals surface area contributed by atoms with E-state index in [4.69, 9.17) is 9.47 Å². The molecule has 33 heavy (non-hydrogen) atoms. The molecule has 192 valence electrons. The van der Waals surface area contributed by atoms with Crippen LogP contribution in [0.3, 0.4) is 0 Å². The van der Waals surface area contributed by atoms with Crippen LogP contribution < -0.4 is 5.32 Å². The average Bonchev–Trinajstić information content (AvgIpc) is 2.55. The van der Waals surface area contributed by atoms with Crippen LogP contribution in [0.25, 0.3) is 0 Å². The number of carboxylic acid groups (broad SMARTS) is 1. The van der Waals surface area contributed by atoms with E-state index in [1.165, 1.54) is 20.8 Å². The first-order valence-electron chi connectivity index (χ1n) is 10.3. The molecular formula is C21H38N2O10. The number of rotatable bonds is 9. The van der Waals surface area contributed by atoms with Crippen LogP contribution in [-0.2, 0) is 28.7 Å². The second-order valence-corrected chi connectivity index (χ2v) is 9.46. The first-order valence-corrected chi connectivity index (χ1v) is 10.3. The van der Waals surface area contributed by atoms with Gasteiger partial charge in [-0.15, -0.1) is 0 Å². The number of imide groups is 1. The largest absolute Gasteiger partial charge is 0.478 e. The summed E-state index contributed by atoms with van der Waals surface area (Å²) < 4.78 is 9.98. The Balaban J connectivity index is 0. The van der Waals surface area contributed by atoms with E-state index in [0.717, 1.165) is 6.92 Å². The number of nitrogens with one attached hydrogen (secondary N) is 1. The molecule has 0 aromatic carbocycles. The van der Waals surface area contributed by atoms with Gasteiger partial charge in [0.05, 0.1) is 0 Å². The van der Waals surface area contributed by atoms with Gasteiger partial charge >= 0.3 is 18.0 Å². The third-order valence-corrected chi connectivity index (χ3v) is 4.06. The molecule has 0 saturated heterocycles. The number of carbonyl (C=O) groups excluding carboxylic acids is 4. The van der Waals surface area contributed by atoms with E-state index >= 15 is 0 Å². The van der Waals surface area contributed by atoms with Gasteiger partial charge in [0.15, 0.2) is 0 Å². The second-order valence-electron chi connectivity index (χ2n) is 9.46. The summed E-state index contributed by atoms with van der Waals surface area (Å²) in [7, 11) is 0.